The number of aryl methyl sites for hydroxylation is 1. The second-order valence-electron chi connectivity index (χ2n) is 5.37. The van der Waals surface area contributed by atoms with E-state index >= 15 is 0 Å². The number of guanidine groups is 1. The van der Waals surface area contributed by atoms with Gasteiger partial charge in [0.05, 0.1) is 13.7 Å². The molecule has 0 amide bonds. The summed E-state index contributed by atoms with van der Waals surface area (Å²) in [6, 6.07) is 16.0. The van der Waals surface area contributed by atoms with Gasteiger partial charge < -0.3 is 20.1 Å². The van der Waals surface area contributed by atoms with Crippen LogP contribution in [-0.4, -0.2) is 33.3 Å². The third kappa shape index (κ3) is 5.83. The SMILES string of the molecule is CN=C(NCCOc1ccc(C)cc1)NCc1cccc(OC)c1. The van der Waals surface area contributed by atoms with Crippen molar-refractivity contribution in [1.82, 2.24) is 10.6 Å². The van der Waals surface area contributed by atoms with Gasteiger partial charge in [0, 0.05) is 13.6 Å². The summed E-state index contributed by atoms with van der Waals surface area (Å²) in [4.78, 5) is 4.21. The molecule has 2 N–H and O–H groups in total. The Morgan fingerprint density at radius 2 is 1.83 bits per heavy atom. The van der Waals surface area contributed by atoms with E-state index in [0.29, 0.717) is 19.7 Å². The van der Waals surface area contributed by atoms with E-state index in [-0.39, 0.29) is 0 Å². The maximum Gasteiger partial charge on any atom is 0.191 e. The topological polar surface area (TPSA) is 54.9 Å². The van der Waals surface area contributed by atoms with Crippen LogP contribution in [0.4, 0.5) is 0 Å². The molecule has 2 aromatic carbocycles. The normalized spacial score (nSPS) is 11.0. The van der Waals surface area contributed by atoms with Crippen molar-refractivity contribution in [3.8, 4) is 11.5 Å². The summed E-state index contributed by atoms with van der Waals surface area (Å²) in [7, 11) is 3.42. The van der Waals surface area contributed by atoms with Gasteiger partial charge in [-0.3, -0.25) is 4.99 Å². The molecule has 0 aliphatic rings. The maximum absolute atomic E-state index is 5.69. The highest BCUT2D eigenvalue weighted by atomic mass is 16.5. The van der Waals surface area contributed by atoms with Crippen LogP contribution >= 0.6 is 0 Å². The van der Waals surface area contributed by atoms with Crippen LogP contribution in [0.2, 0.25) is 0 Å². The summed E-state index contributed by atoms with van der Waals surface area (Å²) in [5.74, 6) is 2.47. The average molecular weight is 327 g/mol. The number of nitrogens with zero attached hydrogens (tertiary/aromatic N) is 1. The fourth-order valence-corrected chi connectivity index (χ4v) is 2.16. The number of methoxy groups -OCH3 is 1. The number of hydrogen-bond donors (Lipinski definition) is 2. The molecule has 24 heavy (non-hydrogen) atoms. The van der Waals surface area contributed by atoms with Gasteiger partial charge in [-0.2, -0.15) is 0 Å². The number of ether oxygens (including phenoxy) is 2. The molecule has 5 nitrogen and oxygen atoms in total. The van der Waals surface area contributed by atoms with Gasteiger partial charge >= 0.3 is 0 Å². The highest BCUT2D eigenvalue weighted by Gasteiger charge is 2.00. The number of nitrogens with one attached hydrogen (secondary N) is 2. The summed E-state index contributed by atoms with van der Waals surface area (Å²) < 4.78 is 10.9. The van der Waals surface area contributed by atoms with Crippen LogP contribution in [-0.2, 0) is 6.54 Å². The van der Waals surface area contributed by atoms with Gasteiger partial charge in [-0.1, -0.05) is 29.8 Å². The second-order valence-corrected chi connectivity index (χ2v) is 5.37. The van der Waals surface area contributed by atoms with E-state index in [1.807, 2.05) is 48.5 Å². The smallest absolute Gasteiger partial charge is 0.191 e. The van der Waals surface area contributed by atoms with Crippen LogP contribution in [0.3, 0.4) is 0 Å². The molecule has 0 atom stereocenters. The average Bonchev–Trinajstić information content (AvgIpc) is 2.63. The van der Waals surface area contributed by atoms with Crippen molar-refractivity contribution in [3.63, 3.8) is 0 Å². The molecule has 128 valence electrons. The molecule has 0 bridgehead atoms. The monoisotopic (exact) mass is 327 g/mol. The fraction of sp³-hybridized carbons (Fsp3) is 0.316. The van der Waals surface area contributed by atoms with Crippen LogP contribution in [0.5, 0.6) is 11.5 Å². The standard InChI is InChI=1S/C19H25N3O2/c1-15-7-9-17(10-8-15)24-12-11-21-19(20-2)22-14-16-5-4-6-18(13-16)23-3/h4-10,13H,11-12,14H2,1-3H3,(H2,20,21,22). The van der Waals surface area contributed by atoms with Gasteiger partial charge in [0.2, 0.25) is 0 Å². The lowest BCUT2D eigenvalue weighted by Crippen LogP contribution is -2.38. The first kappa shape index (κ1) is 17.7. The zero-order chi connectivity index (χ0) is 17.2. The second kappa shape index (κ2) is 9.45. The van der Waals surface area contributed by atoms with E-state index in [0.717, 1.165) is 23.0 Å². The van der Waals surface area contributed by atoms with Crippen LogP contribution in [0.25, 0.3) is 0 Å². The first-order valence-electron chi connectivity index (χ1n) is 7.98. The van der Waals surface area contributed by atoms with Crippen molar-refractivity contribution in [2.75, 3.05) is 27.3 Å². The summed E-state index contributed by atoms with van der Waals surface area (Å²) in [5, 5.41) is 6.50. The molecule has 2 aromatic rings. The molecule has 0 fully saturated rings. The van der Waals surface area contributed by atoms with Gasteiger partial charge in [0.1, 0.15) is 18.1 Å². The predicted octanol–water partition coefficient (Wildman–Crippen LogP) is 2.75. The zero-order valence-electron chi connectivity index (χ0n) is 14.5. The minimum absolute atomic E-state index is 0.572. The van der Waals surface area contributed by atoms with E-state index in [4.69, 9.17) is 9.47 Å². The Morgan fingerprint density at radius 1 is 1.04 bits per heavy atom. The summed E-state index contributed by atoms with van der Waals surface area (Å²) in [6.07, 6.45) is 0. The number of rotatable bonds is 7. The molecule has 0 unspecified atom stereocenters. The molecular formula is C19H25N3O2. The molecule has 0 aliphatic heterocycles. The largest absolute Gasteiger partial charge is 0.497 e. The maximum atomic E-state index is 5.69. The van der Waals surface area contributed by atoms with Crippen molar-refractivity contribution < 1.29 is 9.47 Å². The lowest BCUT2D eigenvalue weighted by atomic mass is 10.2. The molecule has 0 saturated carbocycles. The first-order valence-corrected chi connectivity index (χ1v) is 7.98. The fourth-order valence-electron chi connectivity index (χ4n) is 2.16. The Bertz CT molecular complexity index is 654. The Morgan fingerprint density at radius 3 is 2.54 bits per heavy atom. The molecule has 0 radical (unpaired) electrons. The molecule has 0 heterocycles. The van der Waals surface area contributed by atoms with Crippen LogP contribution in [0, 0.1) is 6.92 Å². The van der Waals surface area contributed by atoms with E-state index in [2.05, 4.69) is 22.5 Å². The van der Waals surface area contributed by atoms with Crippen molar-refractivity contribution in [3.05, 3.63) is 59.7 Å². The summed E-state index contributed by atoms with van der Waals surface area (Å²) in [5.41, 5.74) is 2.36. The minimum Gasteiger partial charge on any atom is -0.497 e. The van der Waals surface area contributed by atoms with Crippen molar-refractivity contribution in [2.24, 2.45) is 4.99 Å². The lowest BCUT2D eigenvalue weighted by Gasteiger charge is -2.13. The Balaban J connectivity index is 1.71. The highest BCUT2D eigenvalue weighted by molar-refractivity contribution is 5.79. The van der Waals surface area contributed by atoms with Gasteiger partial charge in [0.25, 0.3) is 0 Å². The Labute approximate surface area is 143 Å². The molecule has 0 aromatic heterocycles. The summed E-state index contributed by atoms with van der Waals surface area (Å²) >= 11 is 0. The van der Waals surface area contributed by atoms with Gasteiger partial charge in [-0.25, -0.2) is 0 Å². The Kier molecular flexibility index (Phi) is 6.95. The van der Waals surface area contributed by atoms with Crippen LogP contribution in [0.1, 0.15) is 11.1 Å². The zero-order valence-corrected chi connectivity index (χ0v) is 14.5. The molecule has 2 rings (SSSR count). The minimum atomic E-state index is 0.572. The predicted molar refractivity (Wildman–Crippen MR) is 97.9 cm³/mol. The van der Waals surface area contributed by atoms with E-state index in [1.54, 1.807) is 14.2 Å². The highest BCUT2D eigenvalue weighted by Crippen LogP contribution is 2.12. The quantitative estimate of drug-likeness (QED) is 0.466. The molecule has 5 heteroatoms. The van der Waals surface area contributed by atoms with Crippen molar-refractivity contribution in [1.29, 1.82) is 0 Å². The van der Waals surface area contributed by atoms with Crippen molar-refractivity contribution >= 4 is 5.96 Å². The number of hydrogen-bond acceptors (Lipinski definition) is 3. The van der Waals surface area contributed by atoms with Crippen molar-refractivity contribution in [2.45, 2.75) is 13.5 Å². The third-order valence-corrected chi connectivity index (χ3v) is 3.50. The van der Waals surface area contributed by atoms with Crippen LogP contribution < -0.4 is 20.1 Å². The van der Waals surface area contributed by atoms with E-state index < -0.39 is 0 Å². The number of aliphatic imine (C=N–C) groups is 1. The lowest BCUT2D eigenvalue weighted by molar-refractivity contribution is 0.322. The van der Waals surface area contributed by atoms with Gasteiger partial charge in [0.15, 0.2) is 5.96 Å². The number of benzene rings is 2. The van der Waals surface area contributed by atoms with Crippen LogP contribution in [0.15, 0.2) is 53.5 Å². The Hall–Kier alpha value is -2.69. The van der Waals surface area contributed by atoms with Gasteiger partial charge in [-0.15, -0.1) is 0 Å². The first-order chi connectivity index (χ1) is 11.7. The molecule has 0 saturated heterocycles. The summed E-state index contributed by atoms with van der Waals surface area (Å²) in [6.45, 7) is 3.98. The molecule has 0 spiro atoms. The molecule has 0 aliphatic carbocycles. The third-order valence-electron chi connectivity index (χ3n) is 3.50. The van der Waals surface area contributed by atoms with E-state index in [1.165, 1.54) is 5.56 Å². The van der Waals surface area contributed by atoms with Gasteiger partial charge in [-0.05, 0) is 36.8 Å². The van der Waals surface area contributed by atoms with E-state index in [9.17, 15) is 0 Å². The molecular weight excluding hydrogens is 302 g/mol.